The predicted octanol–water partition coefficient (Wildman–Crippen LogP) is 3.91. The van der Waals surface area contributed by atoms with Crippen LogP contribution in [0.2, 0.25) is 0 Å². The number of benzene rings is 1. The van der Waals surface area contributed by atoms with E-state index in [1.165, 1.54) is 17.0 Å². The molecular formula is C24H23F2N5O3. The maximum absolute atomic E-state index is 15.4. The number of fused-ring (bicyclic) bond motifs is 1. The van der Waals surface area contributed by atoms with Gasteiger partial charge in [-0.2, -0.15) is 0 Å². The minimum atomic E-state index is -1.02. The molecule has 1 aromatic carbocycles. The molecule has 1 fully saturated rings. The normalized spacial score (nSPS) is 16.4. The van der Waals surface area contributed by atoms with Crippen LogP contribution < -0.4 is 0 Å². The summed E-state index contributed by atoms with van der Waals surface area (Å²) in [7, 11) is 1.75. The highest BCUT2D eigenvalue weighted by atomic mass is 19.1. The second-order valence-corrected chi connectivity index (χ2v) is 8.44. The van der Waals surface area contributed by atoms with E-state index in [0.29, 0.717) is 22.7 Å². The minimum Gasteiger partial charge on any atom is -0.465 e. The van der Waals surface area contributed by atoms with Crippen LogP contribution in [-0.4, -0.2) is 60.8 Å². The Morgan fingerprint density at radius 1 is 1.24 bits per heavy atom. The first-order chi connectivity index (χ1) is 16.3. The Hall–Kier alpha value is -3.79. The fourth-order valence-corrected chi connectivity index (χ4v) is 4.40. The third-order valence-electron chi connectivity index (χ3n) is 6.07. The second kappa shape index (κ2) is 8.53. The SMILES string of the molecule is Cc1ccn2c(CC3CN(C(=O)O)CCO3)c(-c3c(F)cc(-c4nccn4C)cc3F)nc2c1. The summed E-state index contributed by atoms with van der Waals surface area (Å²) in [6, 6.07) is 6.21. The van der Waals surface area contributed by atoms with Gasteiger partial charge >= 0.3 is 6.09 Å². The molecule has 4 aromatic rings. The summed E-state index contributed by atoms with van der Waals surface area (Å²) < 4.78 is 40.1. The van der Waals surface area contributed by atoms with E-state index in [1.807, 2.05) is 19.1 Å². The summed E-state index contributed by atoms with van der Waals surface area (Å²) in [5.41, 5.74) is 2.30. The van der Waals surface area contributed by atoms with Crippen LogP contribution in [-0.2, 0) is 18.2 Å². The van der Waals surface area contributed by atoms with E-state index in [9.17, 15) is 9.90 Å². The molecule has 5 rings (SSSR count). The molecule has 1 unspecified atom stereocenters. The van der Waals surface area contributed by atoms with Crippen LogP contribution in [0.5, 0.6) is 0 Å². The molecule has 1 aliphatic heterocycles. The molecule has 1 amide bonds. The van der Waals surface area contributed by atoms with Crippen LogP contribution in [0.1, 0.15) is 11.3 Å². The second-order valence-electron chi connectivity index (χ2n) is 8.44. The number of carbonyl (C=O) groups is 1. The van der Waals surface area contributed by atoms with E-state index in [-0.39, 0.29) is 37.4 Å². The van der Waals surface area contributed by atoms with Crippen LogP contribution >= 0.6 is 0 Å². The number of halogens is 2. The van der Waals surface area contributed by atoms with Crippen molar-refractivity contribution in [3.63, 3.8) is 0 Å². The van der Waals surface area contributed by atoms with Gasteiger partial charge in [0.15, 0.2) is 0 Å². The van der Waals surface area contributed by atoms with Crippen molar-refractivity contribution in [2.75, 3.05) is 19.7 Å². The van der Waals surface area contributed by atoms with Gasteiger partial charge in [-0.15, -0.1) is 0 Å². The zero-order chi connectivity index (χ0) is 24.0. The summed E-state index contributed by atoms with van der Waals surface area (Å²) in [4.78, 5) is 21.5. The molecule has 10 heteroatoms. The highest BCUT2D eigenvalue weighted by molar-refractivity contribution is 5.71. The summed E-state index contributed by atoms with van der Waals surface area (Å²) >= 11 is 0. The number of nitrogens with zero attached hydrogens (tertiary/aromatic N) is 5. The lowest BCUT2D eigenvalue weighted by Gasteiger charge is -2.31. The Balaban J connectivity index is 1.61. The number of morpholine rings is 1. The highest BCUT2D eigenvalue weighted by Crippen LogP contribution is 2.34. The molecule has 3 aromatic heterocycles. The van der Waals surface area contributed by atoms with Crippen molar-refractivity contribution in [1.82, 2.24) is 23.8 Å². The number of hydrogen-bond acceptors (Lipinski definition) is 4. The number of amides is 1. The molecule has 1 atom stereocenters. The van der Waals surface area contributed by atoms with Crippen LogP contribution in [0.4, 0.5) is 13.6 Å². The van der Waals surface area contributed by atoms with E-state index in [0.717, 1.165) is 5.56 Å². The number of pyridine rings is 1. The summed E-state index contributed by atoms with van der Waals surface area (Å²) in [6.07, 6.45) is 3.81. The Morgan fingerprint density at radius 3 is 2.68 bits per heavy atom. The fraction of sp³-hybridized carbons (Fsp3) is 0.292. The van der Waals surface area contributed by atoms with Crippen LogP contribution in [0.25, 0.3) is 28.3 Å². The van der Waals surface area contributed by atoms with E-state index in [2.05, 4.69) is 9.97 Å². The Morgan fingerprint density at radius 2 is 2.00 bits per heavy atom. The molecule has 0 radical (unpaired) electrons. The molecule has 4 heterocycles. The minimum absolute atomic E-state index is 0.164. The summed E-state index contributed by atoms with van der Waals surface area (Å²) in [5.74, 6) is -1.06. The van der Waals surface area contributed by atoms with E-state index in [1.54, 1.807) is 34.6 Å². The average Bonchev–Trinajstić information content (AvgIpc) is 3.37. The van der Waals surface area contributed by atoms with Crippen molar-refractivity contribution in [3.8, 4) is 22.6 Å². The van der Waals surface area contributed by atoms with Gasteiger partial charge in [0, 0.05) is 44.2 Å². The molecule has 34 heavy (non-hydrogen) atoms. The lowest BCUT2D eigenvalue weighted by molar-refractivity contribution is -0.0214. The van der Waals surface area contributed by atoms with Crippen LogP contribution in [0.15, 0.2) is 42.9 Å². The standard InChI is InChI=1S/C24H23F2N5O3/c1-14-3-5-31-19(12-16-13-30(24(32)33)7-8-34-16)22(28-20(31)9-14)21-17(25)10-15(11-18(21)26)23-27-4-6-29(23)2/h3-6,9-11,16H,7-8,12-13H2,1-2H3,(H,32,33). The third-order valence-corrected chi connectivity index (χ3v) is 6.07. The lowest BCUT2D eigenvalue weighted by Crippen LogP contribution is -2.45. The van der Waals surface area contributed by atoms with Gasteiger partial charge in [0.05, 0.1) is 36.2 Å². The first-order valence-corrected chi connectivity index (χ1v) is 10.9. The topological polar surface area (TPSA) is 84.9 Å². The fourth-order valence-electron chi connectivity index (χ4n) is 4.40. The molecule has 0 aliphatic carbocycles. The molecule has 1 N–H and O–H groups in total. The van der Waals surface area contributed by atoms with Gasteiger partial charge in [-0.25, -0.2) is 23.5 Å². The van der Waals surface area contributed by atoms with E-state index < -0.39 is 23.8 Å². The van der Waals surface area contributed by atoms with Gasteiger partial charge in [0.2, 0.25) is 0 Å². The van der Waals surface area contributed by atoms with Crippen LogP contribution in [0, 0.1) is 18.6 Å². The number of imidazole rings is 2. The molecule has 176 valence electrons. The number of ether oxygens (including phenoxy) is 1. The molecular weight excluding hydrogens is 444 g/mol. The van der Waals surface area contributed by atoms with Crippen molar-refractivity contribution >= 4 is 11.7 Å². The maximum Gasteiger partial charge on any atom is 0.407 e. The summed E-state index contributed by atoms with van der Waals surface area (Å²) in [5, 5.41) is 9.36. The maximum atomic E-state index is 15.4. The average molecular weight is 467 g/mol. The lowest BCUT2D eigenvalue weighted by atomic mass is 10.0. The predicted molar refractivity (Wildman–Crippen MR) is 121 cm³/mol. The Kier molecular flexibility index (Phi) is 5.52. The number of carboxylic acid groups (broad SMARTS) is 1. The van der Waals surface area contributed by atoms with Gasteiger partial charge in [-0.05, 0) is 36.8 Å². The number of aryl methyl sites for hydroxylation is 2. The smallest absolute Gasteiger partial charge is 0.407 e. The van der Waals surface area contributed by atoms with Gasteiger partial charge in [0.1, 0.15) is 23.1 Å². The van der Waals surface area contributed by atoms with Crippen molar-refractivity contribution < 1.29 is 23.4 Å². The van der Waals surface area contributed by atoms with Gasteiger partial charge in [-0.1, -0.05) is 0 Å². The van der Waals surface area contributed by atoms with Crippen molar-refractivity contribution in [1.29, 1.82) is 0 Å². The van der Waals surface area contributed by atoms with Crippen molar-refractivity contribution in [2.24, 2.45) is 7.05 Å². The van der Waals surface area contributed by atoms with Gasteiger partial charge < -0.3 is 23.7 Å². The zero-order valence-corrected chi connectivity index (χ0v) is 18.7. The molecule has 0 saturated carbocycles. The van der Waals surface area contributed by atoms with Crippen LogP contribution in [0.3, 0.4) is 0 Å². The first kappa shape index (κ1) is 22.0. The molecule has 1 aliphatic rings. The van der Waals surface area contributed by atoms with E-state index in [4.69, 9.17) is 4.74 Å². The van der Waals surface area contributed by atoms with Gasteiger partial charge in [-0.3, -0.25) is 0 Å². The first-order valence-electron chi connectivity index (χ1n) is 10.9. The molecule has 8 nitrogen and oxygen atoms in total. The number of rotatable bonds is 4. The molecule has 1 saturated heterocycles. The zero-order valence-electron chi connectivity index (χ0n) is 18.7. The summed E-state index contributed by atoms with van der Waals surface area (Å²) in [6.45, 7) is 2.61. The monoisotopic (exact) mass is 467 g/mol. The Labute approximate surface area is 194 Å². The van der Waals surface area contributed by atoms with Gasteiger partial charge in [0.25, 0.3) is 0 Å². The van der Waals surface area contributed by atoms with Crippen molar-refractivity contribution in [3.05, 3.63) is 65.7 Å². The Bertz CT molecular complexity index is 1370. The highest BCUT2D eigenvalue weighted by Gasteiger charge is 2.28. The van der Waals surface area contributed by atoms with Crippen molar-refractivity contribution in [2.45, 2.75) is 19.4 Å². The molecule has 0 bridgehead atoms. The number of hydrogen-bond donors (Lipinski definition) is 1. The van der Waals surface area contributed by atoms with E-state index >= 15 is 8.78 Å². The largest absolute Gasteiger partial charge is 0.465 e. The molecule has 0 spiro atoms. The quantitative estimate of drug-likeness (QED) is 0.492. The number of aromatic nitrogens is 4. The third kappa shape index (κ3) is 3.90.